The Morgan fingerprint density at radius 1 is 1.16 bits per heavy atom. The number of nitrogens with zero attached hydrogens (tertiary/aromatic N) is 1. The molecular weight excluding hydrogens is 274 g/mol. The second-order valence-corrected chi connectivity index (χ2v) is 3.56. The highest BCUT2D eigenvalue weighted by Crippen LogP contribution is 2.03. The summed E-state index contributed by atoms with van der Waals surface area (Å²) < 4.78 is 9.46. The maximum absolute atomic E-state index is 11.1. The van der Waals surface area contributed by atoms with E-state index in [1.807, 2.05) is 0 Å². The summed E-state index contributed by atoms with van der Waals surface area (Å²) in [5, 5.41) is 0.536. The molecule has 0 aliphatic heterocycles. The van der Waals surface area contributed by atoms with Crippen molar-refractivity contribution in [1.29, 1.82) is 0 Å². The van der Waals surface area contributed by atoms with Gasteiger partial charge in [0.15, 0.2) is 11.5 Å². The van der Waals surface area contributed by atoms with E-state index in [0.29, 0.717) is 0 Å². The van der Waals surface area contributed by atoms with Gasteiger partial charge in [-0.05, 0) is 35.9 Å². The van der Waals surface area contributed by atoms with E-state index in [1.165, 1.54) is 32.8 Å². The fraction of sp³-hybridized carbons (Fsp3) is 0.167. The maximum atomic E-state index is 11.1. The van der Waals surface area contributed by atoms with Gasteiger partial charge in [-0.3, -0.25) is 14.4 Å². The van der Waals surface area contributed by atoms with Gasteiger partial charge < -0.3 is 8.83 Å². The number of rotatable bonds is 3. The summed E-state index contributed by atoms with van der Waals surface area (Å²) in [6, 6.07) is 6.35. The van der Waals surface area contributed by atoms with Crippen LogP contribution >= 0.6 is 11.6 Å². The van der Waals surface area contributed by atoms with Crippen LogP contribution < -0.4 is 0 Å². The van der Waals surface area contributed by atoms with E-state index in [9.17, 15) is 9.59 Å². The minimum Gasteiger partial charge on any atom is -0.460 e. The number of hydrogen-bond acceptors (Lipinski definition) is 5. The molecule has 0 atom stereocenters. The normalized spacial score (nSPS) is 9.42. The molecule has 7 heteroatoms. The zero-order chi connectivity index (χ0) is 14.3. The zero-order valence-electron chi connectivity index (χ0n) is 10.3. The topological polar surface area (TPSA) is 72.9 Å². The molecule has 0 aliphatic carbocycles. The largest absolute Gasteiger partial charge is 0.460 e. The van der Waals surface area contributed by atoms with E-state index in [4.69, 9.17) is 16.0 Å². The molecule has 2 heterocycles. The van der Waals surface area contributed by atoms with Crippen molar-refractivity contribution in [3.05, 3.63) is 48.3 Å². The average Bonchev–Trinajstić information content (AvgIpc) is 3.09. The highest BCUT2D eigenvalue weighted by atomic mass is 35.5. The summed E-state index contributed by atoms with van der Waals surface area (Å²) in [5.41, 5.74) is 0. The molecule has 6 nitrogen and oxygen atoms in total. The van der Waals surface area contributed by atoms with Crippen molar-refractivity contribution in [3.63, 3.8) is 0 Å². The molecular formula is C12H12ClNO5. The van der Waals surface area contributed by atoms with Gasteiger partial charge in [0.2, 0.25) is 0 Å². The van der Waals surface area contributed by atoms with Crippen LogP contribution in [-0.2, 0) is 4.84 Å². The van der Waals surface area contributed by atoms with Gasteiger partial charge in [0.25, 0.3) is 5.24 Å². The summed E-state index contributed by atoms with van der Waals surface area (Å²) in [4.78, 5) is 26.0. The van der Waals surface area contributed by atoms with Crippen molar-refractivity contribution in [2.24, 2.45) is 0 Å². The molecule has 0 unspecified atom stereocenters. The third-order valence-corrected chi connectivity index (χ3v) is 2.19. The van der Waals surface area contributed by atoms with Crippen LogP contribution in [0.2, 0.25) is 0 Å². The lowest BCUT2D eigenvalue weighted by atomic mass is 10.4. The first-order valence-corrected chi connectivity index (χ1v) is 5.53. The molecule has 2 rings (SSSR count). The molecule has 0 bridgehead atoms. The predicted molar refractivity (Wildman–Crippen MR) is 66.7 cm³/mol. The van der Waals surface area contributed by atoms with Gasteiger partial charge in [-0.25, -0.2) is 5.06 Å². The first-order valence-electron chi connectivity index (χ1n) is 5.15. The van der Waals surface area contributed by atoms with Crippen molar-refractivity contribution in [1.82, 2.24) is 5.06 Å². The van der Waals surface area contributed by atoms with Crippen molar-refractivity contribution in [2.45, 2.75) is 0 Å². The van der Waals surface area contributed by atoms with Crippen LogP contribution in [0.15, 0.2) is 45.6 Å². The molecule has 2 aromatic heterocycles. The van der Waals surface area contributed by atoms with E-state index >= 15 is 0 Å². The number of hydroxylamine groups is 2. The van der Waals surface area contributed by atoms with E-state index in [2.05, 4.69) is 9.25 Å². The molecule has 1 amide bonds. The van der Waals surface area contributed by atoms with Gasteiger partial charge >= 0.3 is 5.91 Å². The minimum atomic E-state index is -0.560. The first kappa shape index (κ1) is 15.0. The number of amides is 1. The van der Waals surface area contributed by atoms with Gasteiger partial charge in [0.05, 0.1) is 19.6 Å². The Morgan fingerprint density at radius 3 is 2.00 bits per heavy atom. The predicted octanol–water partition coefficient (Wildman–Crippen LogP) is 2.57. The van der Waals surface area contributed by atoms with Crippen molar-refractivity contribution < 1.29 is 23.3 Å². The number of halogens is 1. The van der Waals surface area contributed by atoms with Crippen LogP contribution in [0.1, 0.15) is 21.1 Å². The van der Waals surface area contributed by atoms with Crippen LogP contribution in [0.25, 0.3) is 0 Å². The number of carbonyl (C=O) groups is 2. The van der Waals surface area contributed by atoms with Crippen LogP contribution in [-0.4, -0.2) is 30.4 Å². The highest BCUT2D eigenvalue weighted by molar-refractivity contribution is 6.67. The van der Waals surface area contributed by atoms with Gasteiger partial charge in [-0.1, -0.05) is 0 Å². The molecule has 19 heavy (non-hydrogen) atoms. The molecule has 0 aliphatic rings. The second-order valence-electron chi connectivity index (χ2n) is 3.21. The molecule has 0 N–H and O–H groups in total. The number of furan rings is 2. The lowest BCUT2D eigenvalue weighted by Gasteiger charge is -2.10. The fourth-order valence-corrected chi connectivity index (χ4v) is 1.14. The van der Waals surface area contributed by atoms with Crippen LogP contribution in [0.4, 0.5) is 0 Å². The van der Waals surface area contributed by atoms with Crippen LogP contribution in [0.3, 0.4) is 0 Å². The van der Waals surface area contributed by atoms with E-state index in [-0.39, 0.29) is 17.4 Å². The molecule has 0 saturated heterocycles. The van der Waals surface area contributed by atoms with Crippen molar-refractivity contribution in [2.75, 3.05) is 14.2 Å². The monoisotopic (exact) mass is 285 g/mol. The van der Waals surface area contributed by atoms with E-state index in [0.717, 1.165) is 5.06 Å². The van der Waals surface area contributed by atoms with Gasteiger partial charge in [-0.15, -0.1) is 0 Å². The Kier molecular flexibility index (Phi) is 5.84. The number of carbonyl (C=O) groups excluding carboxylic acids is 2. The Morgan fingerprint density at radius 2 is 1.68 bits per heavy atom. The summed E-state index contributed by atoms with van der Waals surface area (Å²) >= 11 is 5.01. The molecule has 0 spiro atoms. The molecule has 0 radical (unpaired) electrons. The quantitative estimate of drug-likeness (QED) is 0.640. The lowest BCUT2D eigenvalue weighted by molar-refractivity contribution is -0.0773. The van der Waals surface area contributed by atoms with Gasteiger partial charge in [0, 0.05) is 7.05 Å². The van der Waals surface area contributed by atoms with Crippen molar-refractivity contribution >= 4 is 22.8 Å². The summed E-state index contributed by atoms with van der Waals surface area (Å²) in [6.07, 6.45) is 2.84. The summed E-state index contributed by atoms with van der Waals surface area (Å²) in [5.74, 6) is 0.165. The Balaban J connectivity index is 0.000000200. The molecule has 0 aromatic carbocycles. The Hall–Kier alpha value is -2.05. The average molecular weight is 286 g/mol. The number of hydrogen-bond donors (Lipinski definition) is 0. The zero-order valence-corrected chi connectivity index (χ0v) is 11.1. The molecule has 0 saturated carbocycles. The lowest BCUT2D eigenvalue weighted by Crippen LogP contribution is -2.24. The Labute approximate surface area is 114 Å². The second kappa shape index (κ2) is 7.40. The molecule has 0 fully saturated rings. The third kappa shape index (κ3) is 4.61. The smallest absolute Gasteiger partial charge is 0.312 e. The van der Waals surface area contributed by atoms with Crippen LogP contribution in [0, 0.1) is 0 Å². The van der Waals surface area contributed by atoms with Gasteiger partial charge in [-0.2, -0.15) is 0 Å². The van der Waals surface area contributed by atoms with Crippen molar-refractivity contribution in [3.8, 4) is 0 Å². The maximum Gasteiger partial charge on any atom is 0.312 e. The molecule has 102 valence electrons. The summed E-state index contributed by atoms with van der Waals surface area (Å²) in [7, 11) is 2.94. The highest BCUT2D eigenvalue weighted by Gasteiger charge is 2.12. The first-order chi connectivity index (χ1) is 9.06. The van der Waals surface area contributed by atoms with E-state index < -0.39 is 5.24 Å². The Bertz CT molecular complexity index is 506. The SMILES string of the molecule is CON(C)C(=O)c1ccco1.O=C(Cl)c1ccco1. The van der Waals surface area contributed by atoms with Crippen LogP contribution in [0.5, 0.6) is 0 Å². The minimum absolute atomic E-state index is 0.187. The third-order valence-electron chi connectivity index (χ3n) is 2.01. The van der Waals surface area contributed by atoms with E-state index in [1.54, 1.807) is 18.2 Å². The van der Waals surface area contributed by atoms with Gasteiger partial charge in [0.1, 0.15) is 0 Å². The molecule has 2 aromatic rings. The standard InChI is InChI=1S/C7H9NO3.C5H3ClO2/c1-8(10-2)7(9)6-4-3-5-11-6;6-5(7)4-2-1-3-8-4/h3-5H,1-2H3;1-3H. The summed E-state index contributed by atoms with van der Waals surface area (Å²) in [6.45, 7) is 0. The fourth-order valence-electron chi connectivity index (χ4n) is 1.03.